The molecule has 1 heterocycles. The molecule has 0 bridgehead atoms. The summed E-state index contributed by atoms with van der Waals surface area (Å²) in [6, 6.07) is 6.00. The Bertz CT molecular complexity index is 827. The number of nitrogens with zero attached hydrogens (tertiary/aromatic N) is 3. The molecule has 22 heavy (non-hydrogen) atoms. The molecule has 116 valence electrons. The second-order valence-corrected chi connectivity index (χ2v) is 6.15. The number of benzene rings is 1. The molecule has 2 aromatic rings. The predicted molar refractivity (Wildman–Crippen MR) is 78.7 cm³/mol. The van der Waals surface area contributed by atoms with Crippen molar-refractivity contribution in [2.24, 2.45) is 0 Å². The van der Waals surface area contributed by atoms with Gasteiger partial charge in [-0.3, -0.25) is 14.8 Å². The summed E-state index contributed by atoms with van der Waals surface area (Å²) in [4.78, 5) is 17.3. The van der Waals surface area contributed by atoms with Gasteiger partial charge in [0.25, 0.3) is 0 Å². The van der Waals surface area contributed by atoms with Crippen molar-refractivity contribution in [3.8, 4) is 11.6 Å². The van der Waals surface area contributed by atoms with Crippen LogP contribution >= 0.6 is 11.6 Å². The zero-order chi connectivity index (χ0) is 16.3. The van der Waals surface area contributed by atoms with Crippen LogP contribution in [0.4, 0.5) is 11.4 Å². The molecule has 0 radical (unpaired) electrons. The van der Waals surface area contributed by atoms with E-state index in [0.717, 1.165) is 12.5 Å². The number of halogens is 1. The third-order valence-electron chi connectivity index (χ3n) is 2.29. The SMILES string of the molecule is CS(=O)(=O)Nc1ccccc1Oc1nc(Cl)ncc1[N+](=O)[O-]. The first-order chi connectivity index (χ1) is 10.3. The fraction of sp³-hybridized carbons (Fsp3) is 0.0909. The number of nitrogens with one attached hydrogen (secondary N) is 1. The van der Waals surface area contributed by atoms with Gasteiger partial charge in [-0.05, 0) is 23.7 Å². The van der Waals surface area contributed by atoms with Crippen LogP contribution in [0.25, 0.3) is 0 Å². The Kier molecular flexibility index (Phi) is 4.43. The van der Waals surface area contributed by atoms with Crippen LogP contribution in [-0.4, -0.2) is 29.6 Å². The van der Waals surface area contributed by atoms with Crippen molar-refractivity contribution < 1.29 is 18.1 Å². The lowest BCUT2D eigenvalue weighted by atomic mass is 10.3. The van der Waals surface area contributed by atoms with Crippen LogP contribution in [0.3, 0.4) is 0 Å². The van der Waals surface area contributed by atoms with Crippen LogP contribution in [0.1, 0.15) is 0 Å². The van der Waals surface area contributed by atoms with E-state index in [1.165, 1.54) is 12.1 Å². The third kappa shape index (κ3) is 4.02. The third-order valence-corrected chi connectivity index (χ3v) is 3.06. The lowest BCUT2D eigenvalue weighted by Crippen LogP contribution is -2.10. The summed E-state index contributed by atoms with van der Waals surface area (Å²) >= 11 is 5.60. The topological polar surface area (TPSA) is 124 Å². The first-order valence-corrected chi connectivity index (χ1v) is 7.95. The number of hydrogen-bond donors (Lipinski definition) is 1. The van der Waals surface area contributed by atoms with E-state index in [4.69, 9.17) is 16.3 Å². The summed E-state index contributed by atoms with van der Waals surface area (Å²) in [5.74, 6) is -0.362. The van der Waals surface area contributed by atoms with Crippen LogP contribution in [0.15, 0.2) is 30.5 Å². The summed E-state index contributed by atoms with van der Waals surface area (Å²) in [7, 11) is -3.55. The zero-order valence-corrected chi connectivity index (χ0v) is 12.6. The molecule has 11 heteroatoms. The Morgan fingerprint density at radius 2 is 2.05 bits per heavy atom. The minimum Gasteiger partial charge on any atom is -0.431 e. The van der Waals surface area contributed by atoms with Gasteiger partial charge in [0.2, 0.25) is 15.3 Å². The number of sulfonamides is 1. The van der Waals surface area contributed by atoms with E-state index in [1.807, 2.05) is 0 Å². The Labute approximate surface area is 130 Å². The molecular weight excluding hydrogens is 336 g/mol. The number of para-hydroxylation sites is 2. The number of rotatable bonds is 5. The van der Waals surface area contributed by atoms with Gasteiger partial charge in [0.15, 0.2) is 5.75 Å². The molecule has 0 aliphatic carbocycles. The highest BCUT2D eigenvalue weighted by Crippen LogP contribution is 2.33. The average molecular weight is 345 g/mol. The molecule has 0 aliphatic heterocycles. The highest BCUT2D eigenvalue weighted by Gasteiger charge is 2.20. The van der Waals surface area contributed by atoms with E-state index >= 15 is 0 Å². The fourth-order valence-corrected chi connectivity index (χ4v) is 2.18. The molecule has 0 saturated carbocycles. The highest BCUT2D eigenvalue weighted by atomic mass is 35.5. The van der Waals surface area contributed by atoms with Crippen LogP contribution in [-0.2, 0) is 10.0 Å². The first-order valence-electron chi connectivity index (χ1n) is 5.68. The van der Waals surface area contributed by atoms with Gasteiger partial charge in [-0.1, -0.05) is 12.1 Å². The smallest absolute Gasteiger partial charge is 0.349 e. The van der Waals surface area contributed by atoms with Gasteiger partial charge in [0.1, 0.15) is 6.20 Å². The maximum atomic E-state index is 11.3. The van der Waals surface area contributed by atoms with Gasteiger partial charge < -0.3 is 4.74 Å². The Balaban J connectivity index is 2.44. The van der Waals surface area contributed by atoms with Crippen molar-refractivity contribution in [2.45, 2.75) is 0 Å². The summed E-state index contributed by atoms with van der Waals surface area (Å²) in [5, 5.41) is 10.7. The molecule has 0 unspecified atom stereocenters. The van der Waals surface area contributed by atoms with Gasteiger partial charge >= 0.3 is 11.6 Å². The molecule has 0 saturated heterocycles. The van der Waals surface area contributed by atoms with Crippen LogP contribution in [0, 0.1) is 10.1 Å². The number of ether oxygens (including phenoxy) is 1. The van der Waals surface area contributed by atoms with E-state index in [1.54, 1.807) is 12.1 Å². The van der Waals surface area contributed by atoms with Gasteiger partial charge in [-0.25, -0.2) is 13.4 Å². The van der Waals surface area contributed by atoms with Gasteiger partial charge in [-0.2, -0.15) is 4.98 Å². The maximum absolute atomic E-state index is 11.3. The summed E-state index contributed by atoms with van der Waals surface area (Å²) in [6.07, 6.45) is 1.87. The maximum Gasteiger partial charge on any atom is 0.349 e. The predicted octanol–water partition coefficient (Wildman–Crippen LogP) is 2.20. The lowest BCUT2D eigenvalue weighted by Gasteiger charge is -2.11. The van der Waals surface area contributed by atoms with Crippen molar-refractivity contribution in [3.63, 3.8) is 0 Å². The van der Waals surface area contributed by atoms with Crippen molar-refractivity contribution in [3.05, 3.63) is 45.9 Å². The minimum absolute atomic E-state index is 0.0331. The Morgan fingerprint density at radius 1 is 1.36 bits per heavy atom. The largest absolute Gasteiger partial charge is 0.431 e. The van der Waals surface area contributed by atoms with E-state index in [0.29, 0.717) is 0 Å². The molecule has 0 spiro atoms. The van der Waals surface area contributed by atoms with Gasteiger partial charge in [-0.15, -0.1) is 0 Å². The molecule has 0 fully saturated rings. The van der Waals surface area contributed by atoms with Crippen LogP contribution in [0.2, 0.25) is 5.28 Å². The zero-order valence-electron chi connectivity index (χ0n) is 11.1. The van der Waals surface area contributed by atoms with Crippen molar-refractivity contribution in [1.29, 1.82) is 0 Å². The molecule has 0 atom stereocenters. The molecule has 2 rings (SSSR count). The van der Waals surface area contributed by atoms with E-state index in [2.05, 4.69) is 14.7 Å². The second kappa shape index (κ2) is 6.12. The highest BCUT2D eigenvalue weighted by molar-refractivity contribution is 7.92. The minimum atomic E-state index is -3.55. The van der Waals surface area contributed by atoms with Crippen LogP contribution in [0.5, 0.6) is 11.6 Å². The molecular formula is C11H9ClN4O5S. The average Bonchev–Trinajstić information content (AvgIpc) is 2.39. The standard InChI is InChI=1S/C11H9ClN4O5S/c1-22(19,20)15-7-4-2-3-5-9(7)21-10-8(16(17)18)6-13-11(12)14-10/h2-6,15H,1H3. The Hall–Kier alpha value is -2.46. The summed E-state index contributed by atoms with van der Waals surface area (Å²) < 4.78 is 30.2. The normalized spacial score (nSPS) is 11.0. The molecule has 1 aromatic heterocycles. The van der Waals surface area contributed by atoms with Crippen molar-refractivity contribution in [2.75, 3.05) is 11.0 Å². The Morgan fingerprint density at radius 3 is 2.68 bits per heavy atom. The number of anilines is 1. The second-order valence-electron chi connectivity index (χ2n) is 4.06. The van der Waals surface area contributed by atoms with Crippen molar-refractivity contribution in [1.82, 2.24) is 9.97 Å². The molecule has 1 N–H and O–H groups in total. The van der Waals surface area contributed by atoms with E-state index < -0.39 is 26.5 Å². The number of nitro groups is 1. The van der Waals surface area contributed by atoms with Crippen molar-refractivity contribution >= 4 is 33.0 Å². The summed E-state index contributed by atoms with van der Waals surface area (Å²) in [6.45, 7) is 0. The van der Waals surface area contributed by atoms with Gasteiger partial charge in [0.05, 0.1) is 16.9 Å². The lowest BCUT2D eigenvalue weighted by molar-refractivity contribution is -0.386. The first kappa shape index (κ1) is 15.9. The van der Waals surface area contributed by atoms with Gasteiger partial charge in [0, 0.05) is 0 Å². The monoisotopic (exact) mass is 344 g/mol. The number of aromatic nitrogens is 2. The fourth-order valence-electron chi connectivity index (χ4n) is 1.48. The molecule has 1 aromatic carbocycles. The van der Waals surface area contributed by atoms with Crippen LogP contribution < -0.4 is 9.46 Å². The quantitative estimate of drug-likeness (QED) is 0.500. The van der Waals surface area contributed by atoms with E-state index in [-0.39, 0.29) is 16.7 Å². The number of hydrogen-bond acceptors (Lipinski definition) is 7. The molecule has 0 amide bonds. The van der Waals surface area contributed by atoms with E-state index in [9.17, 15) is 18.5 Å². The molecule has 9 nitrogen and oxygen atoms in total. The molecule has 0 aliphatic rings. The summed E-state index contributed by atoms with van der Waals surface area (Å²) in [5.41, 5.74) is -0.396.